The second-order valence-electron chi connectivity index (χ2n) is 13.6. The van der Waals surface area contributed by atoms with Gasteiger partial charge in [0.2, 0.25) is 11.8 Å². The summed E-state index contributed by atoms with van der Waals surface area (Å²) in [5.74, 6) is -1.02. The van der Waals surface area contributed by atoms with Crippen molar-refractivity contribution in [1.29, 1.82) is 0 Å². The van der Waals surface area contributed by atoms with Crippen LogP contribution in [0.4, 0.5) is 4.79 Å². The van der Waals surface area contributed by atoms with Crippen molar-refractivity contribution in [3.63, 3.8) is 0 Å². The Kier molecular flexibility index (Phi) is 28.8. The molecule has 0 fully saturated rings. The van der Waals surface area contributed by atoms with Crippen molar-refractivity contribution in [2.45, 2.75) is 166 Å². The number of carbonyl (C=O) groups is 4. The van der Waals surface area contributed by atoms with Crippen LogP contribution in [0.3, 0.4) is 0 Å². The van der Waals surface area contributed by atoms with Gasteiger partial charge >= 0.3 is 12.1 Å². The molecule has 0 aliphatic carbocycles. The minimum absolute atomic E-state index is 0.00142. The van der Waals surface area contributed by atoms with Crippen LogP contribution >= 0.6 is 0 Å². The van der Waals surface area contributed by atoms with Gasteiger partial charge in [-0.25, -0.2) is 9.59 Å². The third-order valence-electron chi connectivity index (χ3n) is 9.09. The second kappa shape index (κ2) is 32.3. The lowest BCUT2D eigenvalue weighted by Crippen LogP contribution is -2.42. The second-order valence-corrected chi connectivity index (χ2v) is 13.6. The van der Waals surface area contributed by atoms with Crippen molar-refractivity contribution in [3.05, 3.63) is 61.2 Å². The highest BCUT2D eigenvalue weighted by Gasteiger charge is 2.22. The summed E-state index contributed by atoms with van der Waals surface area (Å²) < 4.78 is 10.1. The van der Waals surface area contributed by atoms with E-state index < -0.39 is 18.1 Å². The molecule has 0 unspecified atom stereocenters. The number of methoxy groups -OCH3 is 1. The van der Waals surface area contributed by atoms with Crippen LogP contribution in [0.5, 0.6) is 0 Å². The Morgan fingerprint density at radius 1 is 0.647 bits per heavy atom. The summed E-state index contributed by atoms with van der Waals surface area (Å²) >= 11 is 0. The number of hydrogen-bond acceptors (Lipinski definition) is 6. The van der Waals surface area contributed by atoms with Gasteiger partial charge in [0.25, 0.3) is 0 Å². The molecule has 3 amide bonds. The Hall–Kier alpha value is -3.62. The fraction of sp³-hybridized carbons (Fsp3) is 0.667. The SMILES string of the molecule is C=CCCCCCCCCCC(CCCCCCCCCC=C)NC(=O)CCC(=O)N[C@@H](CCCCNC(=O)OCc1ccccc1)C(=O)OC. The molecule has 1 atom stereocenters. The lowest BCUT2D eigenvalue weighted by atomic mass is 9.99. The number of alkyl carbamates (subject to hydrolysis) is 1. The van der Waals surface area contributed by atoms with Gasteiger partial charge < -0.3 is 25.4 Å². The lowest BCUT2D eigenvalue weighted by Gasteiger charge is -2.20. The monoisotopic (exact) mass is 712 g/mol. The van der Waals surface area contributed by atoms with Gasteiger partial charge in [0.15, 0.2) is 0 Å². The van der Waals surface area contributed by atoms with E-state index in [9.17, 15) is 19.2 Å². The summed E-state index contributed by atoms with van der Waals surface area (Å²) in [4.78, 5) is 50.0. The molecule has 0 aliphatic heterocycles. The Balaban J connectivity index is 2.41. The van der Waals surface area contributed by atoms with Crippen LogP contribution in [-0.2, 0) is 30.5 Å². The molecule has 1 rings (SSSR count). The zero-order valence-electron chi connectivity index (χ0n) is 31.7. The van der Waals surface area contributed by atoms with Crippen LogP contribution in [0, 0.1) is 0 Å². The van der Waals surface area contributed by atoms with Crippen molar-refractivity contribution in [3.8, 4) is 0 Å². The first-order chi connectivity index (χ1) is 24.9. The molecule has 0 saturated heterocycles. The number of amides is 3. The van der Waals surface area contributed by atoms with E-state index in [-0.39, 0.29) is 37.3 Å². The minimum atomic E-state index is -0.813. The lowest BCUT2D eigenvalue weighted by molar-refractivity contribution is -0.145. The molecule has 0 aliphatic rings. The molecule has 0 saturated carbocycles. The first-order valence-electron chi connectivity index (χ1n) is 19.7. The van der Waals surface area contributed by atoms with E-state index in [4.69, 9.17) is 9.47 Å². The molecule has 288 valence electrons. The third-order valence-corrected chi connectivity index (χ3v) is 9.09. The molecule has 0 bridgehead atoms. The zero-order chi connectivity index (χ0) is 37.2. The van der Waals surface area contributed by atoms with Crippen LogP contribution in [-0.4, -0.2) is 49.6 Å². The maximum atomic E-state index is 12.9. The minimum Gasteiger partial charge on any atom is -0.467 e. The summed E-state index contributed by atoms with van der Waals surface area (Å²) in [5, 5.41) is 8.65. The van der Waals surface area contributed by atoms with Gasteiger partial charge in [-0.3, -0.25) is 9.59 Å². The van der Waals surface area contributed by atoms with Crippen LogP contribution < -0.4 is 16.0 Å². The summed E-state index contributed by atoms with van der Waals surface area (Å²) in [6.07, 6.45) is 26.2. The molecule has 1 aromatic carbocycles. The number of benzene rings is 1. The van der Waals surface area contributed by atoms with Gasteiger partial charge in [-0.05, 0) is 63.4 Å². The number of rotatable bonds is 33. The van der Waals surface area contributed by atoms with Crippen LogP contribution in [0.2, 0.25) is 0 Å². The summed E-state index contributed by atoms with van der Waals surface area (Å²) in [5.41, 5.74) is 0.903. The predicted octanol–water partition coefficient (Wildman–Crippen LogP) is 9.40. The molecule has 9 heteroatoms. The fourth-order valence-electron chi connectivity index (χ4n) is 6.04. The van der Waals surface area contributed by atoms with Crippen molar-refractivity contribution in [2.75, 3.05) is 13.7 Å². The molecule has 51 heavy (non-hydrogen) atoms. The van der Waals surface area contributed by atoms with Crippen molar-refractivity contribution in [1.82, 2.24) is 16.0 Å². The molecule has 0 radical (unpaired) electrons. The van der Waals surface area contributed by atoms with E-state index in [0.29, 0.717) is 25.8 Å². The molecule has 0 aromatic heterocycles. The fourth-order valence-corrected chi connectivity index (χ4v) is 6.04. The van der Waals surface area contributed by atoms with Crippen molar-refractivity contribution < 1.29 is 28.7 Å². The van der Waals surface area contributed by atoms with E-state index in [0.717, 1.165) is 44.1 Å². The molecular formula is C42H69N3O6. The maximum Gasteiger partial charge on any atom is 0.407 e. The topological polar surface area (TPSA) is 123 Å². The summed E-state index contributed by atoms with van der Waals surface area (Å²) in [6.45, 7) is 8.15. The van der Waals surface area contributed by atoms with E-state index >= 15 is 0 Å². The molecule has 3 N–H and O–H groups in total. The quantitative estimate of drug-likeness (QED) is 0.0379. The van der Waals surface area contributed by atoms with Gasteiger partial charge in [-0.2, -0.15) is 0 Å². The van der Waals surface area contributed by atoms with Gasteiger partial charge in [0, 0.05) is 25.4 Å². The first kappa shape index (κ1) is 45.4. The number of esters is 1. The largest absolute Gasteiger partial charge is 0.467 e. The van der Waals surface area contributed by atoms with Crippen molar-refractivity contribution >= 4 is 23.9 Å². The Morgan fingerprint density at radius 2 is 1.14 bits per heavy atom. The Labute approximate surface area is 309 Å². The molecule has 9 nitrogen and oxygen atoms in total. The Bertz CT molecular complexity index is 1050. The number of nitrogens with one attached hydrogen (secondary N) is 3. The highest BCUT2D eigenvalue weighted by Crippen LogP contribution is 2.16. The molecular weight excluding hydrogens is 642 g/mol. The van der Waals surface area contributed by atoms with Gasteiger partial charge in [0.1, 0.15) is 12.6 Å². The number of allylic oxidation sites excluding steroid dienone is 2. The number of hydrogen-bond donors (Lipinski definition) is 3. The zero-order valence-corrected chi connectivity index (χ0v) is 31.7. The number of unbranched alkanes of at least 4 members (excludes halogenated alkanes) is 15. The van der Waals surface area contributed by atoms with E-state index in [1.54, 1.807) is 0 Å². The highest BCUT2D eigenvalue weighted by molar-refractivity contribution is 5.87. The van der Waals surface area contributed by atoms with E-state index in [2.05, 4.69) is 29.1 Å². The maximum absolute atomic E-state index is 12.9. The normalized spacial score (nSPS) is 11.4. The number of carbonyl (C=O) groups excluding carboxylic acids is 4. The summed E-state index contributed by atoms with van der Waals surface area (Å²) in [7, 11) is 1.29. The molecule has 0 spiro atoms. The average molecular weight is 712 g/mol. The van der Waals surface area contributed by atoms with E-state index in [1.165, 1.54) is 84.2 Å². The first-order valence-corrected chi connectivity index (χ1v) is 19.7. The van der Waals surface area contributed by atoms with E-state index in [1.807, 2.05) is 42.5 Å². The molecule has 0 heterocycles. The van der Waals surface area contributed by atoms with Gasteiger partial charge in [0.05, 0.1) is 7.11 Å². The highest BCUT2D eigenvalue weighted by atomic mass is 16.5. The van der Waals surface area contributed by atoms with Gasteiger partial charge in [-0.15, -0.1) is 13.2 Å². The van der Waals surface area contributed by atoms with Crippen molar-refractivity contribution in [2.24, 2.45) is 0 Å². The Morgan fingerprint density at radius 3 is 1.67 bits per heavy atom. The smallest absolute Gasteiger partial charge is 0.407 e. The predicted molar refractivity (Wildman–Crippen MR) is 207 cm³/mol. The van der Waals surface area contributed by atoms with Crippen LogP contribution in [0.1, 0.15) is 153 Å². The summed E-state index contributed by atoms with van der Waals surface area (Å²) in [6, 6.07) is 8.73. The standard InChI is InChI=1S/C42H69N3O6/c1-4-6-8-10-12-14-16-18-23-29-37(30-24-19-17-15-13-11-9-7-5-2)44-39(46)32-33-40(47)45-38(41(48)50-3)31-25-26-34-43-42(49)51-35-36-27-21-20-22-28-36/h4-5,20-22,27-28,37-38H,1-2,6-19,23-26,29-35H2,3H3,(H,43,49)(H,44,46)(H,45,47)/t38-/m0/s1. The average Bonchev–Trinajstić information content (AvgIpc) is 3.14. The van der Waals surface area contributed by atoms with Crippen LogP contribution in [0.25, 0.3) is 0 Å². The number of ether oxygens (including phenoxy) is 2. The third kappa shape index (κ3) is 26.8. The van der Waals surface area contributed by atoms with Gasteiger partial charge in [-0.1, -0.05) is 120 Å². The van der Waals surface area contributed by atoms with Crippen LogP contribution in [0.15, 0.2) is 55.6 Å². The molecule has 1 aromatic rings.